The molecule has 0 radical (unpaired) electrons. The number of carboxylic acids is 1. The van der Waals surface area contributed by atoms with Gasteiger partial charge in [0.05, 0.1) is 29.7 Å². The van der Waals surface area contributed by atoms with Gasteiger partial charge in [0.25, 0.3) is 11.8 Å². The van der Waals surface area contributed by atoms with Crippen LogP contribution in [-0.2, 0) is 27.4 Å². The molecule has 17 heteroatoms. The molecular weight excluding hydrogens is 767 g/mol. The predicted molar refractivity (Wildman–Crippen MR) is 192 cm³/mol. The van der Waals surface area contributed by atoms with Crippen molar-refractivity contribution in [2.75, 3.05) is 26.2 Å². The average molecular weight is 809 g/mol. The number of rotatable bonds is 13. The maximum Gasteiger partial charge on any atom is 0.425 e. The summed E-state index contributed by atoms with van der Waals surface area (Å²) < 4.78 is 95.8. The number of aliphatic carboxylic acids is 1. The van der Waals surface area contributed by atoms with E-state index < -0.39 is 63.3 Å². The molecule has 2 atom stereocenters. The number of amides is 2. The Morgan fingerprint density at radius 2 is 1.77 bits per heavy atom. The van der Waals surface area contributed by atoms with Crippen LogP contribution in [0.25, 0.3) is 0 Å². The van der Waals surface area contributed by atoms with Gasteiger partial charge in [0, 0.05) is 55.7 Å². The van der Waals surface area contributed by atoms with Crippen LogP contribution in [0.1, 0.15) is 96.8 Å². The highest BCUT2D eigenvalue weighted by atomic mass is 32.1. The van der Waals surface area contributed by atoms with Crippen molar-refractivity contribution in [3.8, 4) is 17.6 Å². The van der Waals surface area contributed by atoms with E-state index in [0.29, 0.717) is 41.9 Å². The van der Waals surface area contributed by atoms with Crippen molar-refractivity contribution in [1.82, 2.24) is 14.8 Å². The second kappa shape index (κ2) is 17.1. The zero-order valence-electron chi connectivity index (χ0n) is 30.8. The summed E-state index contributed by atoms with van der Waals surface area (Å²) in [5.74, 6) is -2.49. The number of halogens is 6. The van der Waals surface area contributed by atoms with E-state index in [9.17, 15) is 41.2 Å². The number of carboxylic acid groups (broad SMARTS) is 1. The van der Waals surface area contributed by atoms with Gasteiger partial charge in [-0.15, -0.1) is 11.3 Å². The Morgan fingerprint density at radius 3 is 2.39 bits per heavy atom. The number of thiophene rings is 1. The van der Waals surface area contributed by atoms with Crippen molar-refractivity contribution in [2.45, 2.75) is 101 Å². The molecule has 2 amide bonds. The number of benzene rings is 1. The molecule has 10 nitrogen and oxygen atoms in total. The highest BCUT2D eigenvalue weighted by molar-refractivity contribution is 7.10. The lowest BCUT2D eigenvalue weighted by Crippen LogP contribution is -2.68. The van der Waals surface area contributed by atoms with Crippen molar-refractivity contribution in [3.63, 3.8) is 0 Å². The fourth-order valence-electron chi connectivity index (χ4n) is 7.58. The Labute approximate surface area is 324 Å². The predicted octanol–water partition coefficient (Wildman–Crippen LogP) is 8.43. The number of ether oxygens (including phenoxy) is 2. The van der Waals surface area contributed by atoms with E-state index in [1.165, 1.54) is 4.90 Å². The first-order chi connectivity index (χ1) is 26.5. The summed E-state index contributed by atoms with van der Waals surface area (Å²) in [5.41, 5.74) is -3.80. The van der Waals surface area contributed by atoms with Gasteiger partial charge in [0.2, 0.25) is 5.60 Å². The molecule has 302 valence electrons. The van der Waals surface area contributed by atoms with Gasteiger partial charge in [-0.25, -0.2) is 0 Å². The van der Waals surface area contributed by atoms with Crippen LogP contribution in [0, 0.1) is 18.3 Å². The zero-order valence-corrected chi connectivity index (χ0v) is 31.7. The van der Waals surface area contributed by atoms with E-state index in [1.807, 2.05) is 19.1 Å². The third kappa shape index (κ3) is 9.06. The molecule has 3 aromatic rings. The van der Waals surface area contributed by atoms with Crippen molar-refractivity contribution in [2.24, 2.45) is 0 Å². The number of piperidine rings is 2. The van der Waals surface area contributed by atoms with Crippen molar-refractivity contribution >= 4 is 29.1 Å². The van der Waals surface area contributed by atoms with Crippen LogP contribution < -0.4 is 9.47 Å². The third-order valence-corrected chi connectivity index (χ3v) is 11.3. The molecule has 2 aliphatic heterocycles. The van der Waals surface area contributed by atoms with Crippen LogP contribution in [0.3, 0.4) is 0 Å². The highest BCUT2D eigenvalue weighted by Crippen LogP contribution is 2.45. The lowest BCUT2D eigenvalue weighted by Gasteiger charge is -2.51. The molecule has 0 spiro atoms. The standard InChI is InChI=1S/C39H42F6N4O6S/c1-3-8-30-37(55-26-22-31(56-23-26)39(43,44)45,13-7-17-49(30)34(52)33-27(38(40,41)42)9-6-16-47-33)35(53)48-18-14-36(24-46,15-19-48)28-21-25(2)11-12-29(28)54-20-5-4-10-32(50)51/h6,9,11-12,16,21-23,30H,3-5,7-8,10,13-15,17-20H2,1-2H3,(H,50,51)/t30-,37+/m1/s1. The Bertz CT molecular complexity index is 1940. The monoisotopic (exact) mass is 808 g/mol. The number of alkyl halides is 6. The second-order valence-corrected chi connectivity index (χ2v) is 15.0. The Morgan fingerprint density at radius 1 is 1.04 bits per heavy atom. The summed E-state index contributed by atoms with van der Waals surface area (Å²) >= 11 is 0.362. The van der Waals surface area contributed by atoms with Gasteiger partial charge >= 0.3 is 18.3 Å². The van der Waals surface area contributed by atoms with E-state index >= 15 is 4.79 Å². The van der Waals surface area contributed by atoms with E-state index in [-0.39, 0.29) is 70.5 Å². The first kappa shape index (κ1) is 42.3. The average Bonchev–Trinajstić information content (AvgIpc) is 3.64. The molecule has 1 N–H and O–H groups in total. The number of pyridine rings is 1. The molecule has 2 aliphatic rings. The van der Waals surface area contributed by atoms with E-state index in [1.54, 1.807) is 13.0 Å². The van der Waals surface area contributed by atoms with Gasteiger partial charge in [-0.05, 0) is 63.6 Å². The first-order valence-electron chi connectivity index (χ1n) is 18.3. The van der Waals surface area contributed by atoms with Crippen LogP contribution in [-0.4, -0.2) is 75.6 Å². The largest absolute Gasteiger partial charge is 0.493 e. The van der Waals surface area contributed by atoms with Gasteiger partial charge in [-0.3, -0.25) is 19.4 Å². The zero-order chi connectivity index (χ0) is 40.9. The lowest BCUT2D eigenvalue weighted by molar-refractivity contribution is -0.160. The topological polar surface area (TPSA) is 133 Å². The number of aromatic nitrogens is 1. The Balaban J connectivity index is 1.49. The molecule has 2 aromatic heterocycles. The molecule has 56 heavy (non-hydrogen) atoms. The Kier molecular flexibility index (Phi) is 12.9. The number of nitriles is 1. The smallest absolute Gasteiger partial charge is 0.425 e. The van der Waals surface area contributed by atoms with Crippen LogP contribution in [0.4, 0.5) is 26.3 Å². The molecule has 2 fully saturated rings. The second-order valence-electron chi connectivity index (χ2n) is 14.1. The van der Waals surface area contributed by atoms with E-state index in [2.05, 4.69) is 11.1 Å². The molecule has 0 bridgehead atoms. The minimum absolute atomic E-state index is 0.00614. The number of hydrogen-bond acceptors (Lipinski definition) is 8. The molecule has 5 rings (SSSR count). The molecule has 0 saturated carbocycles. The minimum Gasteiger partial charge on any atom is -0.493 e. The quantitative estimate of drug-likeness (QED) is 0.135. The molecule has 4 heterocycles. The van der Waals surface area contributed by atoms with E-state index in [4.69, 9.17) is 14.6 Å². The van der Waals surface area contributed by atoms with Crippen molar-refractivity contribution in [3.05, 3.63) is 75.2 Å². The maximum atomic E-state index is 15.0. The minimum atomic E-state index is -4.92. The summed E-state index contributed by atoms with van der Waals surface area (Å²) in [7, 11) is 0. The number of carbonyl (C=O) groups excluding carboxylic acids is 2. The van der Waals surface area contributed by atoms with Crippen molar-refractivity contribution in [1.29, 1.82) is 5.26 Å². The SMILES string of the molecule is CCC[C@H]1N(C(=O)c2ncccc2C(F)(F)F)CCC[C@@]1(Oc1csc(C(F)(F)F)c1)C(=O)N1CCC(C#N)(c2cc(C)ccc2OCCCCC(=O)O)CC1. The van der Waals surface area contributed by atoms with Crippen LogP contribution in [0.2, 0.25) is 0 Å². The van der Waals surface area contributed by atoms with Crippen LogP contribution in [0.5, 0.6) is 11.5 Å². The lowest BCUT2D eigenvalue weighted by atomic mass is 9.72. The maximum absolute atomic E-state index is 15.0. The summed E-state index contributed by atoms with van der Waals surface area (Å²) in [6.45, 7) is 3.77. The van der Waals surface area contributed by atoms with Crippen LogP contribution >= 0.6 is 11.3 Å². The van der Waals surface area contributed by atoms with Crippen LogP contribution in [0.15, 0.2) is 48.0 Å². The molecular formula is C39H42F6N4O6S. The molecule has 2 saturated heterocycles. The van der Waals surface area contributed by atoms with E-state index in [0.717, 1.165) is 40.2 Å². The summed E-state index contributed by atoms with van der Waals surface area (Å²) in [4.78, 5) is 45.4. The molecule has 0 aliphatic carbocycles. The fourth-order valence-corrected chi connectivity index (χ4v) is 8.26. The van der Waals surface area contributed by atoms with Gasteiger partial charge < -0.3 is 24.4 Å². The third-order valence-electron chi connectivity index (χ3n) is 10.3. The number of aryl methyl sites for hydroxylation is 1. The number of likely N-dealkylation sites (tertiary alicyclic amines) is 2. The summed E-state index contributed by atoms with van der Waals surface area (Å²) in [6, 6.07) is 9.18. The normalized spacial score (nSPS) is 19.9. The first-order valence-corrected chi connectivity index (χ1v) is 19.2. The van der Waals surface area contributed by atoms with Gasteiger partial charge in [0.1, 0.15) is 22.1 Å². The molecule has 0 unspecified atom stereocenters. The van der Waals surface area contributed by atoms with Crippen molar-refractivity contribution < 1.29 is 55.3 Å². The summed E-state index contributed by atoms with van der Waals surface area (Å²) in [6.07, 6.45) is -7.04. The number of hydrogen-bond donors (Lipinski definition) is 1. The Hall–Kier alpha value is -4.85. The fraction of sp³-hybridized carbons (Fsp3) is 0.513. The summed E-state index contributed by atoms with van der Waals surface area (Å²) in [5, 5.41) is 20.7. The van der Waals surface area contributed by atoms with Gasteiger partial charge in [0.15, 0.2) is 0 Å². The number of nitrogens with zero attached hydrogens (tertiary/aromatic N) is 4. The highest BCUT2D eigenvalue weighted by Gasteiger charge is 2.57. The number of unbranched alkanes of at least 4 members (excludes halogenated alkanes) is 1. The number of carbonyl (C=O) groups is 3. The van der Waals surface area contributed by atoms with Gasteiger partial charge in [-0.2, -0.15) is 31.6 Å². The molecule has 1 aromatic carbocycles. The van der Waals surface area contributed by atoms with Gasteiger partial charge in [-0.1, -0.05) is 31.0 Å².